The molecule has 100 valence electrons. The SMILES string of the molecule is CC(C)c1csc(C(C)C)c1C(C(=O)O)C(=O)O. The zero-order valence-corrected chi connectivity index (χ0v) is 11.7. The maximum atomic E-state index is 11.2. The highest BCUT2D eigenvalue weighted by Gasteiger charge is 2.34. The fourth-order valence-electron chi connectivity index (χ4n) is 1.95. The van der Waals surface area contributed by atoms with Crippen LogP contribution in [0.1, 0.15) is 61.5 Å². The first-order chi connectivity index (χ1) is 8.27. The Balaban J connectivity index is 3.46. The molecule has 1 rings (SSSR count). The standard InChI is InChI=1S/C13H18O4S/c1-6(2)8-5-18-11(7(3)4)9(8)10(12(14)15)13(16)17/h5-7,10H,1-4H3,(H,14,15)(H,16,17). The molecule has 0 saturated carbocycles. The number of carboxylic acid groups (broad SMARTS) is 2. The largest absolute Gasteiger partial charge is 0.480 e. The van der Waals surface area contributed by atoms with Gasteiger partial charge in [0.1, 0.15) is 0 Å². The van der Waals surface area contributed by atoms with Crippen molar-refractivity contribution in [3.63, 3.8) is 0 Å². The first kappa shape index (κ1) is 14.7. The predicted octanol–water partition coefficient (Wildman–Crippen LogP) is 3.25. The normalized spacial score (nSPS) is 11.5. The van der Waals surface area contributed by atoms with Gasteiger partial charge >= 0.3 is 11.9 Å². The molecule has 0 aromatic carbocycles. The molecule has 0 bridgehead atoms. The third-order valence-corrected chi connectivity index (χ3v) is 4.14. The van der Waals surface area contributed by atoms with Crippen molar-refractivity contribution >= 4 is 23.3 Å². The minimum absolute atomic E-state index is 0.116. The Kier molecular flexibility index (Phi) is 4.51. The Morgan fingerprint density at radius 2 is 1.56 bits per heavy atom. The Labute approximate surface area is 110 Å². The molecule has 0 spiro atoms. The molecule has 1 aromatic rings. The lowest BCUT2D eigenvalue weighted by molar-refractivity contribution is -0.150. The number of hydrogen-bond acceptors (Lipinski definition) is 3. The zero-order valence-electron chi connectivity index (χ0n) is 10.9. The van der Waals surface area contributed by atoms with Crippen molar-refractivity contribution < 1.29 is 19.8 Å². The van der Waals surface area contributed by atoms with Gasteiger partial charge in [-0.1, -0.05) is 27.7 Å². The lowest BCUT2D eigenvalue weighted by Crippen LogP contribution is -2.23. The molecular formula is C13H18O4S. The van der Waals surface area contributed by atoms with E-state index in [1.165, 1.54) is 11.3 Å². The van der Waals surface area contributed by atoms with Gasteiger partial charge < -0.3 is 10.2 Å². The van der Waals surface area contributed by atoms with E-state index in [2.05, 4.69) is 0 Å². The van der Waals surface area contributed by atoms with E-state index in [9.17, 15) is 9.59 Å². The van der Waals surface area contributed by atoms with Crippen molar-refractivity contribution in [1.82, 2.24) is 0 Å². The second-order valence-corrected chi connectivity index (χ2v) is 5.80. The van der Waals surface area contributed by atoms with Crippen LogP contribution in [0, 0.1) is 0 Å². The summed E-state index contributed by atoms with van der Waals surface area (Å²) in [6.07, 6.45) is 0. The predicted molar refractivity (Wildman–Crippen MR) is 70.5 cm³/mol. The van der Waals surface area contributed by atoms with Gasteiger partial charge in [0.05, 0.1) is 0 Å². The second kappa shape index (κ2) is 5.52. The lowest BCUT2D eigenvalue weighted by atomic mass is 9.88. The smallest absolute Gasteiger partial charge is 0.322 e. The number of hydrogen-bond donors (Lipinski definition) is 2. The topological polar surface area (TPSA) is 74.6 Å². The third kappa shape index (κ3) is 2.72. The van der Waals surface area contributed by atoms with Gasteiger partial charge in [0, 0.05) is 4.88 Å². The molecule has 18 heavy (non-hydrogen) atoms. The van der Waals surface area contributed by atoms with E-state index in [0.717, 1.165) is 10.4 Å². The number of rotatable bonds is 5. The lowest BCUT2D eigenvalue weighted by Gasteiger charge is -2.15. The minimum atomic E-state index is -1.47. The van der Waals surface area contributed by atoms with Crippen molar-refractivity contribution in [3.05, 3.63) is 21.4 Å². The average Bonchev–Trinajstić information content (AvgIpc) is 2.60. The minimum Gasteiger partial charge on any atom is -0.480 e. The van der Waals surface area contributed by atoms with Gasteiger partial charge in [0.2, 0.25) is 0 Å². The van der Waals surface area contributed by atoms with Gasteiger partial charge in [0.15, 0.2) is 5.92 Å². The van der Waals surface area contributed by atoms with E-state index >= 15 is 0 Å². The molecule has 0 aliphatic heterocycles. The van der Waals surface area contributed by atoms with Crippen LogP contribution in [0.2, 0.25) is 0 Å². The molecule has 0 unspecified atom stereocenters. The first-order valence-corrected chi connectivity index (χ1v) is 6.72. The summed E-state index contributed by atoms with van der Waals surface area (Å²) in [5.41, 5.74) is 1.31. The molecule has 0 aliphatic rings. The fraction of sp³-hybridized carbons (Fsp3) is 0.538. The quantitative estimate of drug-likeness (QED) is 0.805. The summed E-state index contributed by atoms with van der Waals surface area (Å²) < 4.78 is 0. The highest BCUT2D eigenvalue weighted by Crippen LogP contribution is 2.38. The molecule has 0 saturated heterocycles. The van der Waals surface area contributed by atoms with E-state index in [1.54, 1.807) is 0 Å². The summed E-state index contributed by atoms with van der Waals surface area (Å²) in [5.74, 6) is -3.83. The highest BCUT2D eigenvalue weighted by atomic mass is 32.1. The Morgan fingerprint density at radius 3 is 1.89 bits per heavy atom. The van der Waals surface area contributed by atoms with Crippen molar-refractivity contribution in [1.29, 1.82) is 0 Å². The summed E-state index contributed by atoms with van der Waals surface area (Å²) in [4.78, 5) is 23.3. The van der Waals surface area contributed by atoms with Crippen molar-refractivity contribution in [2.75, 3.05) is 0 Å². The highest BCUT2D eigenvalue weighted by molar-refractivity contribution is 7.10. The number of aliphatic carboxylic acids is 2. The second-order valence-electron chi connectivity index (χ2n) is 4.89. The Bertz CT molecular complexity index is 420. The van der Waals surface area contributed by atoms with Crippen LogP contribution in [-0.4, -0.2) is 22.2 Å². The maximum Gasteiger partial charge on any atom is 0.322 e. The van der Waals surface area contributed by atoms with Crippen molar-refractivity contribution in [2.45, 2.75) is 45.4 Å². The van der Waals surface area contributed by atoms with Gasteiger partial charge in [0.25, 0.3) is 0 Å². The molecule has 0 fully saturated rings. The third-order valence-electron chi connectivity index (χ3n) is 2.82. The van der Waals surface area contributed by atoms with E-state index in [-0.39, 0.29) is 11.8 Å². The van der Waals surface area contributed by atoms with Gasteiger partial charge in [-0.15, -0.1) is 11.3 Å². The Hall–Kier alpha value is -1.36. The molecule has 0 atom stereocenters. The monoisotopic (exact) mass is 270 g/mol. The number of carbonyl (C=O) groups is 2. The fourth-order valence-corrected chi connectivity index (χ4v) is 3.24. The van der Waals surface area contributed by atoms with Crippen LogP contribution in [0.5, 0.6) is 0 Å². The van der Waals surface area contributed by atoms with Gasteiger partial charge in [-0.3, -0.25) is 9.59 Å². The summed E-state index contributed by atoms with van der Waals surface area (Å²) in [6.45, 7) is 7.77. The maximum absolute atomic E-state index is 11.2. The molecule has 0 amide bonds. The molecule has 5 heteroatoms. The van der Waals surface area contributed by atoms with Crippen LogP contribution in [0.25, 0.3) is 0 Å². The summed E-state index contributed by atoms with van der Waals surface area (Å²) in [7, 11) is 0. The molecular weight excluding hydrogens is 252 g/mol. The van der Waals surface area contributed by atoms with Crippen LogP contribution >= 0.6 is 11.3 Å². The van der Waals surface area contributed by atoms with Crippen LogP contribution in [0.3, 0.4) is 0 Å². The summed E-state index contributed by atoms with van der Waals surface area (Å²) in [6, 6.07) is 0. The molecule has 4 nitrogen and oxygen atoms in total. The van der Waals surface area contributed by atoms with Crippen LogP contribution in [0.15, 0.2) is 5.38 Å². The van der Waals surface area contributed by atoms with Crippen LogP contribution in [-0.2, 0) is 9.59 Å². The van der Waals surface area contributed by atoms with E-state index < -0.39 is 17.9 Å². The van der Waals surface area contributed by atoms with Gasteiger partial charge in [-0.05, 0) is 28.3 Å². The molecule has 1 aromatic heterocycles. The van der Waals surface area contributed by atoms with Gasteiger partial charge in [-0.2, -0.15) is 0 Å². The average molecular weight is 270 g/mol. The number of carboxylic acids is 2. The van der Waals surface area contributed by atoms with E-state index in [1.807, 2.05) is 33.1 Å². The van der Waals surface area contributed by atoms with Crippen LogP contribution < -0.4 is 0 Å². The summed E-state index contributed by atoms with van der Waals surface area (Å²) >= 11 is 1.45. The zero-order chi connectivity index (χ0) is 14.0. The first-order valence-electron chi connectivity index (χ1n) is 5.84. The molecule has 2 N–H and O–H groups in total. The summed E-state index contributed by atoms with van der Waals surface area (Å²) in [5, 5.41) is 20.2. The Morgan fingerprint density at radius 1 is 1.06 bits per heavy atom. The van der Waals surface area contributed by atoms with E-state index in [4.69, 9.17) is 10.2 Å². The molecule has 0 aliphatic carbocycles. The van der Waals surface area contributed by atoms with Gasteiger partial charge in [-0.25, -0.2) is 0 Å². The van der Waals surface area contributed by atoms with Crippen molar-refractivity contribution in [2.24, 2.45) is 0 Å². The van der Waals surface area contributed by atoms with Crippen LogP contribution in [0.4, 0.5) is 0 Å². The molecule has 1 heterocycles. The van der Waals surface area contributed by atoms with E-state index in [0.29, 0.717) is 5.56 Å². The molecule has 0 radical (unpaired) electrons. The number of thiophene rings is 1. The van der Waals surface area contributed by atoms with Crippen molar-refractivity contribution in [3.8, 4) is 0 Å².